The second-order valence-corrected chi connectivity index (χ2v) is 7.30. The number of nitrogens with zero attached hydrogens (tertiary/aromatic N) is 2. The minimum Gasteiger partial charge on any atom is -0.497 e. The van der Waals surface area contributed by atoms with Crippen molar-refractivity contribution >= 4 is 24.1 Å². The van der Waals surface area contributed by atoms with Gasteiger partial charge >= 0.3 is 11.9 Å². The van der Waals surface area contributed by atoms with E-state index in [2.05, 4.69) is 10.5 Å². The lowest BCUT2D eigenvalue weighted by atomic mass is 10.1. The molecule has 10 nitrogen and oxygen atoms in total. The summed E-state index contributed by atoms with van der Waals surface area (Å²) in [6.45, 7) is 3.33. The molecule has 1 amide bonds. The highest BCUT2D eigenvalue weighted by Crippen LogP contribution is 2.22. The fraction of sp³-hybridized carbons (Fsp3) is 0.167. The second kappa shape index (κ2) is 10.3. The van der Waals surface area contributed by atoms with Gasteiger partial charge in [-0.15, -0.1) is 0 Å². The molecular formula is C24H23N3O7. The van der Waals surface area contributed by atoms with E-state index in [-0.39, 0.29) is 17.7 Å². The summed E-state index contributed by atoms with van der Waals surface area (Å²) in [4.78, 5) is 34.9. The molecule has 2 aromatic carbocycles. The molecule has 0 atom stereocenters. The van der Waals surface area contributed by atoms with Crippen LogP contribution in [0.2, 0.25) is 0 Å². The zero-order chi connectivity index (χ0) is 24.8. The number of benzene rings is 2. The van der Waals surface area contributed by atoms with Gasteiger partial charge in [0.2, 0.25) is 0 Å². The van der Waals surface area contributed by atoms with Gasteiger partial charge in [0.1, 0.15) is 11.5 Å². The Labute approximate surface area is 195 Å². The zero-order valence-corrected chi connectivity index (χ0v) is 18.7. The molecule has 0 unspecified atom stereocenters. The summed E-state index contributed by atoms with van der Waals surface area (Å²) in [6, 6.07) is 12.5. The Morgan fingerprint density at radius 2 is 1.56 bits per heavy atom. The van der Waals surface area contributed by atoms with Crippen LogP contribution in [0, 0.1) is 13.8 Å². The Kier molecular flexibility index (Phi) is 7.32. The average molecular weight is 465 g/mol. The number of carboxylic acids is 2. The summed E-state index contributed by atoms with van der Waals surface area (Å²) in [6.07, 6.45) is 1.45. The first-order valence-electron chi connectivity index (χ1n) is 10.1. The quantitative estimate of drug-likeness (QED) is 0.326. The van der Waals surface area contributed by atoms with Crippen LogP contribution in [0.5, 0.6) is 11.5 Å². The van der Waals surface area contributed by atoms with E-state index in [4.69, 9.17) is 9.47 Å². The molecule has 0 aliphatic rings. The van der Waals surface area contributed by atoms with Crippen molar-refractivity contribution in [1.82, 2.24) is 9.99 Å². The highest BCUT2D eigenvalue weighted by atomic mass is 16.5. The number of hydrazone groups is 1. The highest BCUT2D eigenvalue weighted by molar-refractivity contribution is 5.95. The van der Waals surface area contributed by atoms with Gasteiger partial charge < -0.3 is 24.3 Å². The summed E-state index contributed by atoms with van der Waals surface area (Å²) in [7, 11) is 1.55. The Balaban J connectivity index is 1.72. The first-order chi connectivity index (χ1) is 16.2. The number of aromatic carboxylic acids is 2. The van der Waals surface area contributed by atoms with E-state index >= 15 is 0 Å². The largest absolute Gasteiger partial charge is 0.497 e. The number of ether oxygens (including phenoxy) is 2. The average Bonchev–Trinajstić information content (AvgIpc) is 3.10. The molecule has 0 saturated heterocycles. The molecule has 3 aromatic rings. The van der Waals surface area contributed by atoms with Crippen LogP contribution in [0.25, 0.3) is 5.69 Å². The summed E-state index contributed by atoms with van der Waals surface area (Å²) < 4.78 is 12.2. The topological polar surface area (TPSA) is 139 Å². The van der Waals surface area contributed by atoms with Gasteiger partial charge in [-0.2, -0.15) is 5.10 Å². The fourth-order valence-electron chi connectivity index (χ4n) is 3.33. The van der Waals surface area contributed by atoms with Crippen molar-refractivity contribution in [2.45, 2.75) is 13.8 Å². The van der Waals surface area contributed by atoms with E-state index in [1.54, 1.807) is 55.9 Å². The smallest absolute Gasteiger partial charge is 0.335 e. The third kappa shape index (κ3) is 5.60. The van der Waals surface area contributed by atoms with Crippen LogP contribution in [0.3, 0.4) is 0 Å². The molecule has 0 aliphatic heterocycles. The lowest BCUT2D eigenvalue weighted by molar-refractivity contribution is -0.123. The first kappa shape index (κ1) is 24.1. The minimum absolute atomic E-state index is 0.137. The van der Waals surface area contributed by atoms with Gasteiger partial charge in [-0.3, -0.25) is 4.79 Å². The number of amides is 1. The number of hydrogen-bond acceptors (Lipinski definition) is 6. The van der Waals surface area contributed by atoms with Crippen LogP contribution in [-0.4, -0.2) is 52.6 Å². The number of aromatic nitrogens is 1. The van der Waals surface area contributed by atoms with Gasteiger partial charge in [0.15, 0.2) is 6.61 Å². The van der Waals surface area contributed by atoms with Crippen LogP contribution >= 0.6 is 0 Å². The van der Waals surface area contributed by atoms with E-state index in [1.807, 2.05) is 0 Å². The summed E-state index contributed by atoms with van der Waals surface area (Å²) in [5.41, 5.74) is 4.57. The third-order valence-electron chi connectivity index (χ3n) is 4.96. The summed E-state index contributed by atoms with van der Waals surface area (Å²) >= 11 is 0. The molecule has 3 rings (SSSR count). The first-order valence-corrected chi connectivity index (χ1v) is 10.1. The Morgan fingerprint density at radius 1 is 0.971 bits per heavy atom. The molecule has 3 N–H and O–H groups in total. The van der Waals surface area contributed by atoms with Crippen molar-refractivity contribution in [2.75, 3.05) is 13.7 Å². The van der Waals surface area contributed by atoms with E-state index in [9.17, 15) is 24.6 Å². The van der Waals surface area contributed by atoms with Crippen LogP contribution < -0.4 is 14.9 Å². The number of hydrogen-bond donors (Lipinski definition) is 3. The van der Waals surface area contributed by atoms with E-state index in [0.29, 0.717) is 28.4 Å². The van der Waals surface area contributed by atoms with Crippen molar-refractivity contribution in [3.8, 4) is 17.2 Å². The molecule has 34 heavy (non-hydrogen) atoms. The van der Waals surface area contributed by atoms with Crippen molar-refractivity contribution in [1.29, 1.82) is 0 Å². The molecule has 1 aromatic heterocycles. The number of aryl methyl sites for hydroxylation is 1. The molecule has 0 saturated carbocycles. The fourth-order valence-corrected chi connectivity index (χ4v) is 3.33. The second-order valence-electron chi connectivity index (χ2n) is 7.30. The lowest BCUT2D eigenvalue weighted by Crippen LogP contribution is -2.24. The van der Waals surface area contributed by atoms with E-state index in [0.717, 1.165) is 11.8 Å². The predicted molar refractivity (Wildman–Crippen MR) is 123 cm³/mol. The van der Waals surface area contributed by atoms with Gasteiger partial charge in [-0.05, 0) is 62.4 Å². The van der Waals surface area contributed by atoms with Gasteiger partial charge in [-0.25, -0.2) is 15.0 Å². The van der Waals surface area contributed by atoms with Crippen molar-refractivity contribution in [3.05, 3.63) is 76.6 Å². The van der Waals surface area contributed by atoms with Crippen LogP contribution in [0.1, 0.15) is 37.7 Å². The number of carbonyl (C=O) groups excluding carboxylic acids is 1. The molecule has 10 heteroatoms. The van der Waals surface area contributed by atoms with Crippen molar-refractivity contribution < 1.29 is 34.1 Å². The standard InChI is InChI=1S/C24H23N3O7/c1-14-8-18(12-25-26-22(28)13-34-21-6-4-20(33-3)5-7-21)15(2)27(14)19-10-16(23(29)30)9-17(11-19)24(31)32/h4-12H,13H2,1-3H3,(H,26,28)(H,29,30)(H,31,32)/b25-12+. The SMILES string of the molecule is COc1ccc(OCC(=O)N/N=C/c2cc(C)n(-c3cc(C(=O)O)cc(C(=O)O)c3)c2C)cc1. The molecule has 0 aliphatic carbocycles. The maximum absolute atomic E-state index is 12.0. The van der Waals surface area contributed by atoms with Crippen LogP contribution in [-0.2, 0) is 4.79 Å². The van der Waals surface area contributed by atoms with Gasteiger partial charge in [-0.1, -0.05) is 0 Å². The monoisotopic (exact) mass is 465 g/mol. The summed E-state index contributed by atoms with van der Waals surface area (Å²) in [5.74, 6) is -1.73. The Bertz CT molecular complexity index is 1230. The highest BCUT2D eigenvalue weighted by Gasteiger charge is 2.16. The third-order valence-corrected chi connectivity index (χ3v) is 4.96. The van der Waals surface area contributed by atoms with Gasteiger partial charge in [0, 0.05) is 22.6 Å². The van der Waals surface area contributed by atoms with E-state index in [1.165, 1.54) is 18.3 Å². The molecule has 0 spiro atoms. The van der Waals surface area contributed by atoms with E-state index < -0.39 is 17.8 Å². The maximum Gasteiger partial charge on any atom is 0.335 e. The number of nitrogens with one attached hydrogen (secondary N) is 1. The molecule has 0 radical (unpaired) electrons. The van der Waals surface area contributed by atoms with Crippen LogP contribution in [0.15, 0.2) is 53.6 Å². The molecule has 176 valence electrons. The van der Waals surface area contributed by atoms with Gasteiger partial charge in [0.25, 0.3) is 5.91 Å². The van der Waals surface area contributed by atoms with Crippen molar-refractivity contribution in [2.24, 2.45) is 5.10 Å². The number of methoxy groups -OCH3 is 1. The Hall–Kier alpha value is -4.60. The molecule has 1 heterocycles. The zero-order valence-electron chi connectivity index (χ0n) is 18.7. The molecular weight excluding hydrogens is 442 g/mol. The van der Waals surface area contributed by atoms with Gasteiger partial charge in [0.05, 0.1) is 24.5 Å². The maximum atomic E-state index is 12.0. The normalized spacial score (nSPS) is 10.8. The minimum atomic E-state index is -1.23. The lowest BCUT2D eigenvalue weighted by Gasteiger charge is -2.12. The molecule has 0 bridgehead atoms. The number of carbonyl (C=O) groups is 3. The predicted octanol–water partition coefficient (Wildman–Crippen LogP) is 3.03. The Morgan fingerprint density at radius 3 is 2.12 bits per heavy atom. The number of carboxylic acid groups (broad SMARTS) is 2. The summed E-state index contributed by atoms with van der Waals surface area (Å²) in [5, 5.41) is 22.6. The van der Waals surface area contributed by atoms with Crippen LogP contribution in [0.4, 0.5) is 0 Å². The van der Waals surface area contributed by atoms with Crippen molar-refractivity contribution in [3.63, 3.8) is 0 Å². The molecule has 0 fully saturated rings. The number of rotatable bonds is 9.